The van der Waals surface area contributed by atoms with Gasteiger partial charge in [0.05, 0.1) is 11.4 Å². The third kappa shape index (κ3) is 14.8. The first-order valence-electron chi connectivity index (χ1n) is 13.5. The Hall–Kier alpha value is -4.32. The van der Waals surface area contributed by atoms with Crippen LogP contribution in [0.5, 0.6) is 5.75 Å². The first kappa shape index (κ1) is 49.1. The quantitative estimate of drug-likeness (QED) is 0.220. The molecule has 15 heteroatoms. The fourth-order valence-corrected chi connectivity index (χ4v) is 4.00. The van der Waals surface area contributed by atoms with Crippen LogP contribution in [0.25, 0.3) is 27.8 Å². The Labute approximate surface area is 315 Å². The number of piperazine rings is 1. The van der Waals surface area contributed by atoms with Gasteiger partial charge in [-0.25, -0.2) is 9.78 Å². The number of nitrogens with zero attached hydrogens (tertiary/aromatic N) is 8. The number of rotatable bonds is 4. The smallest absolute Gasteiger partial charge is 0.410 e. The Morgan fingerprint density at radius 2 is 1.63 bits per heavy atom. The summed E-state index contributed by atoms with van der Waals surface area (Å²) >= 11 is 0. The van der Waals surface area contributed by atoms with Gasteiger partial charge in [-0.1, -0.05) is 12.1 Å². The van der Waals surface area contributed by atoms with Crippen LogP contribution >= 0.6 is 0 Å². The first-order valence-corrected chi connectivity index (χ1v) is 13.5. The van der Waals surface area contributed by atoms with E-state index < -0.39 is 12.0 Å². The second kappa shape index (κ2) is 23.9. The number of hydrogen-bond acceptors (Lipinski definition) is 11. The molecule has 3 aromatic heterocycles. The van der Waals surface area contributed by atoms with Crippen molar-refractivity contribution in [1.29, 1.82) is 0 Å². The van der Waals surface area contributed by atoms with Gasteiger partial charge in [0.15, 0.2) is 0 Å². The second-order valence-corrected chi connectivity index (χ2v) is 9.82. The van der Waals surface area contributed by atoms with E-state index in [9.17, 15) is 9.59 Å². The van der Waals surface area contributed by atoms with Crippen LogP contribution in [0.2, 0.25) is 0 Å². The molecule has 5 aromatic rings. The van der Waals surface area contributed by atoms with Crippen molar-refractivity contribution >= 4 is 45.8 Å². The molecule has 0 unspecified atom stereocenters. The van der Waals surface area contributed by atoms with Gasteiger partial charge in [0.25, 0.3) is 0 Å². The van der Waals surface area contributed by atoms with Crippen molar-refractivity contribution in [3.8, 4) is 5.75 Å². The fourth-order valence-electron chi connectivity index (χ4n) is 4.00. The van der Waals surface area contributed by atoms with E-state index in [-0.39, 0.29) is 80.2 Å². The van der Waals surface area contributed by atoms with Crippen molar-refractivity contribution in [1.82, 2.24) is 40.6 Å². The SMILES string of the molecule is CC(C)NC(=O)Oc1cc[c-]cc1.CN1CCN(c2nc(N)nc3cc(C([NH-])=O)ccc23)CC1.[CH3-].[CH3-].[CH3-].[CH3-].[CH3-].[U].c1cnc2[n-]nnc2c1. The van der Waals surface area contributed by atoms with Crippen molar-refractivity contribution in [2.75, 3.05) is 43.9 Å². The van der Waals surface area contributed by atoms with E-state index in [2.05, 4.69) is 58.6 Å². The molecule has 2 amide bonds. The van der Waals surface area contributed by atoms with Gasteiger partial charge in [-0.3, -0.25) is 10.2 Å². The number of nitrogens with one attached hydrogen (secondary N) is 2. The fraction of sp³-hybridized carbons (Fsp3) is 0.235. The van der Waals surface area contributed by atoms with Gasteiger partial charge in [0, 0.05) is 91.2 Å². The van der Waals surface area contributed by atoms with Crippen molar-refractivity contribution in [2.45, 2.75) is 19.9 Å². The number of fused-ring (bicyclic) bond motifs is 2. The van der Waals surface area contributed by atoms with Crippen LogP contribution in [0.3, 0.4) is 0 Å². The summed E-state index contributed by atoms with van der Waals surface area (Å²) in [6.07, 6.45) is 1.24. The number of nitrogens with two attached hydrogens (primary N) is 1. The number of aromatic nitrogens is 6. The standard InChI is InChI=1S/C14H18N6O.C10H12NO2.C5H3N4.5CH3.U/c1-19-4-6-20(7-5-19)13-10-3-2-9(12(15)21)8-11(10)17-14(16)18-13;1-8(2)11-10(12)13-9-6-4-3-5-7-9;1-2-4-5(6-3-1)8-9-7-4;;;;;;/h2-3,8H,4-7H2,1H3,(H4,15,16,17,18,21);4-8H,1-2H3,(H,11,12);1-3H;5*1H3;/q;7*-1;/p-1. The number of pyridine rings is 1. The number of hydrogen-bond donors (Lipinski definition) is 2. The van der Waals surface area contributed by atoms with Gasteiger partial charge >= 0.3 is 6.09 Å². The van der Waals surface area contributed by atoms with Crippen LogP contribution in [0.1, 0.15) is 24.2 Å². The predicted molar refractivity (Wildman–Crippen MR) is 195 cm³/mol. The first-order chi connectivity index (χ1) is 20.7. The van der Waals surface area contributed by atoms with E-state index in [4.69, 9.17) is 16.2 Å². The van der Waals surface area contributed by atoms with E-state index in [1.165, 1.54) is 0 Å². The Morgan fingerprint density at radius 1 is 0.980 bits per heavy atom. The molecule has 1 saturated heterocycles. The molecule has 4 heterocycles. The molecule has 0 saturated carbocycles. The molecule has 1 aliphatic heterocycles. The number of amides is 2. The minimum Gasteiger partial charge on any atom is -0.664 e. The van der Waals surface area contributed by atoms with E-state index >= 15 is 0 Å². The monoisotopic (exact) mass is 895 g/mol. The van der Waals surface area contributed by atoms with Crippen LogP contribution in [-0.2, 0) is 0 Å². The minimum absolute atomic E-state index is 0. The summed E-state index contributed by atoms with van der Waals surface area (Å²) in [5.74, 6) is 0.785. The van der Waals surface area contributed by atoms with Crippen LogP contribution < -0.4 is 25.8 Å². The average Bonchev–Trinajstić information content (AvgIpc) is 3.47. The summed E-state index contributed by atoms with van der Waals surface area (Å²) in [6, 6.07) is 18.3. The zero-order valence-electron chi connectivity index (χ0n) is 29.6. The van der Waals surface area contributed by atoms with E-state index in [1.54, 1.807) is 54.7 Å². The van der Waals surface area contributed by atoms with Gasteiger partial charge in [0.2, 0.25) is 5.95 Å². The number of carbonyl (C=O) groups excluding carboxylic acids is 2. The molecule has 0 radical (unpaired) electrons. The van der Waals surface area contributed by atoms with Crippen molar-refractivity contribution in [2.24, 2.45) is 0 Å². The Balaban J connectivity index is -0.000000659. The summed E-state index contributed by atoms with van der Waals surface area (Å²) < 4.78 is 4.96. The van der Waals surface area contributed by atoms with Crippen LogP contribution in [0.15, 0.2) is 60.8 Å². The molecular formula is C34H47N11O3U-8. The molecule has 0 spiro atoms. The normalized spacial score (nSPS) is 11.5. The van der Waals surface area contributed by atoms with Gasteiger partial charge < -0.3 is 78.2 Å². The zero-order valence-corrected chi connectivity index (χ0v) is 33.7. The van der Waals surface area contributed by atoms with E-state index in [0.29, 0.717) is 22.5 Å². The number of carbonyl (C=O) groups is 2. The minimum atomic E-state index is -0.727. The molecule has 268 valence electrons. The third-order valence-electron chi connectivity index (χ3n) is 6.12. The predicted octanol–water partition coefficient (Wildman–Crippen LogP) is 5.37. The summed E-state index contributed by atoms with van der Waals surface area (Å²) in [5, 5.41) is 14.3. The van der Waals surface area contributed by atoms with Crippen molar-refractivity contribution in [3.63, 3.8) is 0 Å². The summed E-state index contributed by atoms with van der Waals surface area (Å²) in [4.78, 5) is 39.2. The Morgan fingerprint density at radius 3 is 2.22 bits per heavy atom. The van der Waals surface area contributed by atoms with Gasteiger partial charge in [-0.15, -0.1) is 12.1 Å². The molecular weight excluding hydrogens is 848 g/mol. The van der Waals surface area contributed by atoms with E-state index in [1.807, 2.05) is 19.9 Å². The van der Waals surface area contributed by atoms with Gasteiger partial charge in [-0.2, -0.15) is 28.4 Å². The maximum Gasteiger partial charge on any atom is 0.410 e. The number of ether oxygens (including phenoxy) is 1. The largest absolute Gasteiger partial charge is 0.664 e. The van der Waals surface area contributed by atoms with Gasteiger partial charge in [0.1, 0.15) is 5.82 Å². The number of benzene rings is 2. The molecule has 6 rings (SSSR count). The second-order valence-electron chi connectivity index (χ2n) is 9.82. The molecule has 49 heavy (non-hydrogen) atoms. The summed E-state index contributed by atoms with van der Waals surface area (Å²) in [7, 11) is 2.09. The molecule has 0 atom stereocenters. The van der Waals surface area contributed by atoms with E-state index in [0.717, 1.165) is 42.9 Å². The average molecular weight is 896 g/mol. The molecule has 1 aliphatic rings. The summed E-state index contributed by atoms with van der Waals surface area (Å²) in [5.41, 5.74) is 15.3. The molecule has 14 nitrogen and oxygen atoms in total. The van der Waals surface area contributed by atoms with Crippen molar-refractivity contribution < 1.29 is 45.4 Å². The molecule has 0 aliphatic carbocycles. The molecule has 4 N–H and O–H groups in total. The van der Waals surface area contributed by atoms with Crippen LogP contribution in [0, 0.1) is 74.3 Å². The maximum atomic E-state index is 11.2. The van der Waals surface area contributed by atoms with Crippen molar-refractivity contribution in [3.05, 3.63) is 115 Å². The zero-order chi connectivity index (χ0) is 30.8. The summed E-state index contributed by atoms with van der Waals surface area (Å²) in [6.45, 7) is 7.44. The topological polar surface area (TPSA) is 190 Å². The third-order valence-corrected chi connectivity index (χ3v) is 6.12. The Kier molecular flexibility index (Phi) is 24.0. The number of nitrogen functional groups attached to an aromatic ring is 1. The molecule has 1 fully saturated rings. The number of likely N-dealkylation sites (N-methyl/N-ethyl adjacent to an activating group) is 1. The molecule has 2 aromatic carbocycles. The maximum absolute atomic E-state index is 11.2. The number of anilines is 2. The van der Waals surface area contributed by atoms with Gasteiger partial charge in [-0.05, 0) is 45.3 Å². The molecule has 0 bridgehead atoms. The van der Waals surface area contributed by atoms with Crippen LogP contribution in [-0.4, -0.2) is 81.4 Å². The Bertz CT molecular complexity index is 1630. The van der Waals surface area contributed by atoms with Crippen LogP contribution in [0.4, 0.5) is 16.6 Å².